The monoisotopic (exact) mass is 583 g/mol. The van der Waals surface area contributed by atoms with Crippen LogP contribution in [0.2, 0.25) is 0 Å². The molecule has 0 bridgehead atoms. The van der Waals surface area contributed by atoms with Crippen LogP contribution in [0.5, 0.6) is 0 Å². The van der Waals surface area contributed by atoms with Crippen molar-refractivity contribution in [2.75, 3.05) is 0 Å². The fourth-order valence-corrected chi connectivity index (χ4v) is 10.1. The molecule has 11 heteroatoms. The number of esters is 1. The normalized spacial score (nSPS) is 52.1. The smallest absolute Gasteiger partial charge is 0.308 e. The third-order valence-electron chi connectivity index (χ3n) is 12.3. The largest absolute Gasteiger partial charge is 0.547 e. The lowest BCUT2D eigenvalue weighted by atomic mass is 9.43. The minimum atomic E-state index is -1.94. The number of aliphatic hydroxyl groups is 6. The number of rotatable bonds is 6. The molecule has 5 fully saturated rings. The van der Waals surface area contributed by atoms with Crippen molar-refractivity contribution >= 4 is 11.9 Å². The Labute approximate surface area is 240 Å². The van der Waals surface area contributed by atoms with Crippen LogP contribution in [0.15, 0.2) is 0 Å². The van der Waals surface area contributed by atoms with Crippen LogP contribution in [0, 0.1) is 46.3 Å². The van der Waals surface area contributed by atoms with Crippen molar-refractivity contribution in [1.82, 2.24) is 0 Å². The van der Waals surface area contributed by atoms with E-state index < -0.39 is 61.0 Å². The number of aliphatic hydroxyl groups excluding tert-OH is 6. The summed E-state index contributed by atoms with van der Waals surface area (Å²) in [6, 6.07) is 0. The van der Waals surface area contributed by atoms with Crippen molar-refractivity contribution in [3.05, 3.63) is 0 Å². The Hall–Kier alpha value is -1.34. The Kier molecular flexibility index (Phi) is 8.57. The Balaban J connectivity index is 1.22. The minimum absolute atomic E-state index is 0.00486. The third-order valence-corrected chi connectivity index (χ3v) is 12.3. The topological polar surface area (TPSA) is 197 Å². The minimum Gasteiger partial charge on any atom is -0.547 e. The number of aliphatic carboxylic acids is 1. The van der Waals surface area contributed by atoms with Crippen LogP contribution < -0.4 is 5.11 Å². The average molecular weight is 584 g/mol. The van der Waals surface area contributed by atoms with Gasteiger partial charge < -0.3 is 50.0 Å². The van der Waals surface area contributed by atoms with Crippen molar-refractivity contribution in [3.63, 3.8) is 0 Å². The van der Waals surface area contributed by atoms with Crippen LogP contribution in [0.1, 0.15) is 78.6 Å². The third kappa shape index (κ3) is 5.13. The highest BCUT2D eigenvalue weighted by Gasteiger charge is 2.65. The number of carbonyl (C=O) groups excluding carboxylic acids is 2. The van der Waals surface area contributed by atoms with Gasteiger partial charge in [-0.1, -0.05) is 20.8 Å². The lowest BCUT2D eigenvalue weighted by Gasteiger charge is -2.63. The van der Waals surface area contributed by atoms with E-state index in [1.54, 1.807) is 0 Å². The van der Waals surface area contributed by atoms with Gasteiger partial charge in [-0.15, -0.1) is 0 Å². The summed E-state index contributed by atoms with van der Waals surface area (Å²) in [4.78, 5) is 23.9. The van der Waals surface area contributed by atoms with E-state index in [4.69, 9.17) is 9.47 Å². The highest BCUT2D eigenvalue weighted by atomic mass is 16.7. The van der Waals surface area contributed by atoms with E-state index in [-0.39, 0.29) is 40.9 Å². The Bertz CT molecular complexity index is 991. The average Bonchev–Trinajstić information content (AvgIpc) is 3.28. The summed E-state index contributed by atoms with van der Waals surface area (Å²) in [7, 11) is 0. The molecule has 5 rings (SSSR count). The number of carboxylic acids is 1. The predicted octanol–water partition coefficient (Wildman–Crippen LogP) is -0.535. The van der Waals surface area contributed by atoms with Gasteiger partial charge in [0.05, 0.1) is 24.3 Å². The number of carbonyl (C=O) groups is 2. The summed E-state index contributed by atoms with van der Waals surface area (Å²) in [5.74, 6) is -1.66. The van der Waals surface area contributed by atoms with E-state index in [1.165, 1.54) is 0 Å². The van der Waals surface area contributed by atoms with E-state index in [0.29, 0.717) is 24.7 Å². The van der Waals surface area contributed by atoms with Crippen molar-refractivity contribution < 1.29 is 54.8 Å². The highest BCUT2D eigenvalue weighted by Crippen LogP contribution is 2.68. The SMILES string of the molecule is C[C@H](CCC(=O)O[C@@H]1O[C@H](C(=O)[O-])[C@@H](O)[C@H](O)[C@H]1O)[C@H]1CC[C@H]2[C@@H]3[C@H](O)[C@H](O)[C@@H]4C[C@H](O)CC[C@]4(C)[C@H]3CC[C@]12C. The van der Waals surface area contributed by atoms with Crippen molar-refractivity contribution in [3.8, 4) is 0 Å². The van der Waals surface area contributed by atoms with Gasteiger partial charge in [0.1, 0.15) is 24.4 Å². The van der Waals surface area contributed by atoms with Crippen LogP contribution in [0.25, 0.3) is 0 Å². The van der Waals surface area contributed by atoms with E-state index in [0.717, 1.165) is 38.5 Å². The van der Waals surface area contributed by atoms with Crippen LogP contribution in [-0.2, 0) is 19.1 Å². The molecule has 1 saturated heterocycles. The zero-order valence-electron chi connectivity index (χ0n) is 24.2. The van der Waals surface area contributed by atoms with Gasteiger partial charge in [0, 0.05) is 6.42 Å². The summed E-state index contributed by atoms with van der Waals surface area (Å²) in [5, 5.41) is 74.1. The lowest BCUT2D eigenvalue weighted by molar-refractivity contribution is -0.346. The summed E-state index contributed by atoms with van der Waals surface area (Å²) in [6.45, 7) is 6.64. The zero-order chi connectivity index (χ0) is 30.0. The first-order valence-corrected chi connectivity index (χ1v) is 15.3. The molecule has 1 aliphatic heterocycles. The summed E-state index contributed by atoms with van der Waals surface area (Å²) in [6.07, 6.45) is -4.94. The van der Waals surface area contributed by atoms with E-state index in [2.05, 4.69) is 20.8 Å². The maximum atomic E-state index is 12.7. The van der Waals surface area contributed by atoms with E-state index in [9.17, 15) is 45.3 Å². The highest BCUT2D eigenvalue weighted by molar-refractivity contribution is 5.72. The first kappa shape index (κ1) is 31.1. The lowest BCUT2D eigenvalue weighted by Crippen LogP contribution is -2.64. The Morgan fingerprint density at radius 2 is 1.51 bits per heavy atom. The number of ether oxygens (including phenoxy) is 2. The molecule has 0 aromatic carbocycles. The van der Waals surface area contributed by atoms with Gasteiger partial charge in [0.15, 0.2) is 0 Å². The van der Waals surface area contributed by atoms with Gasteiger partial charge in [0.2, 0.25) is 6.29 Å². The van der Waals surface area contributed by atoms with Crippen LogP contribution in [-0.4, -0.2) is 91.6 Å². The molecule has 5 aliphatic rings. The number of hydrogen-bond donors (Lipinski definition) is 6. The summed E-state index contributed by atoms with van der Waals surface area (Å²) < 4.78 is 10.2. The number of hydrogen-bond acceptors (Lipinski definition) is 11. The Morgan fingerprint density at radius 1 is 0.854 bits per heavy atom. The fraction of sp³-hybridized carbons (Fsp3) is 0.933. The van der Waals surface area contributed by atoms with Crippen molar-refractivity contribution in [2.45, 2.75) is 128 Å². The summed E-state index contributed by atoms with van der Waals surface area (Å²) in [5.41, 5.74) is -0.171. The van der Waals surface area contributed by atoms with Gasteiger partial charge in [-0.05, 0) is 97.7 Å². The molecule has 11 nitrogen and oxygen atoms in total. The fourth-order valence-electron chi connectivity index (χ4n) is 10.1. The number of carboxylic acid groups (broad SMARTS) is 1. The van der Waals surface area contributed by atoms with E-state index >= 15 is 0 Å². The second kappa shape index (κ2) is 11.3. The standard InChI is InChI=1S/C30H48O11/c1-13(4-7-19(32)40-28-25(37)23(35)24(36)26(41-28)27(38)39)15-5-6-16-20-17(9-11-29(15,16)2)30(3)10-8-14(31)12-18(30)21(33)22(20)34/h13-18,20-26,28,31,33-37H,4-12H2,1-3H3,(H,38,39)/p-1/t13-,14-,15-,16+,17+,18+,20+,21-,22+,23+,24+,25-,26+,28-,29-,30-/m1/s1. The number of fused-ring (bicyclic) bond motifs is 5. The predicted molar refractivity (Wildman–Crippen MR) is 140 cm³/mol. The maximum absolute atomic E-state index is 12.7. The molecule has 4 saturated carbocycles. The first-order chi connectivity index (χ1) is 19.2. The molecular formula is C30H47O11-. The van der Waals surface area contributed by atoms with Crippen LogP contribution in [0.4, 0.5) is 0 Å². The molecule has 0 unspecified atom stereocenters. The molecule has 6 N–H and O–H groups in total. The van der Waals surface area contributed by atoms with Gasteiger partial charge in [0.25, 0.3) is 0 Å². The molecule has 1 heterocycles. The molecular weight excluding hydrogens is 536 g/mol. The second-order valence-corrected chi connectivity index (χ2v) is 14.3. The Morgan fingerprint density at radius 3 is 2.20 bits per heavy atom. The zero-order valence-corrected chi connectivity index (χ0v) is 24.2. The van der Waals surface area contributed by atoms with Crippen LogP contribution in [0.3, 0.4) is 0 Å². The maximum Gasteiger partial charge on any atom is 0.308 e. The molecule has 0 aromatic rings. The summed E-state index contributed by atoms with van der Waals surface area (Å²) >= 11 is 0. The van der Waals surface area contributed by atoms with Crippen LogP contribution >= 0.6 is 0 Å². The molecule has 0 amide bonds. The first-order valence-electron chi connectivity index (χ1n) is 15.3. The van der Waals surface area contributed by atoms with Crippen molar-refractivity contribution in [2.24, 2.45) is 46.3 Å². The molecule has 16 atom stereocenters. The second-order valence-electron chi connectivity index (χ2n) is 14.3. The van der Waals surface area contributed by atoms with Gasteiger partial charge in [-0.25, -0.2) is 0 Å². The van der Waals surface area contributed by atoms with E-state index in [1.807, 2.05) is 0 Å². The van der Waals surface area contributed by atoms with Gasteiger partial charge in [-0.2, -0.15) is 0 Å². The van der Waals surface area contributed by atoms with Gasteiger partial charge in [-0.3, -0.25) is 4.79 Å². The molecule has 4 aliphatic carbocycles. The quantitative estimate of drug-likeness (QED) is 0.220. The molecule has 0 spiro atoms. The molecule has 234 valence electrons. The van der Waals surface area contributed by atoms with Crippen molar-refractivity contribution in [1.29, 1.82) is 0 Å². The van der Waals surface area contributed by atoms with Gasteiger partial charge >= 0.3 is 5.97 Å². The molecule has 41 heavy (non-hydrogen) atoms. The molecule has 0 radical (unpaired) electrons. The molecule has 0 aromatic heterocycles.